The molecule has 2 atom stereocenters. The molecule has 2 unspecified atom stereocenters. The number of hydrogen-bond acceptors (Lipinski definition) is 3. The minimum atomic E-state index is 0.0885. The van der Waals surface area contributed by atoms with Gasteiger partial charge in [0.2, 0.25) is 11.8 Å². The van der Waals surface area contributed by atoms with Gasteiger partial charge in [0.25, 0.3) is 0 Å². The molecule has 2 amide bonds. The minimum Gasteiger partial charge on any atom is -0.341 e. The SMILES string of the molecule is CC(N)C1CCCN(C(=O)CN2CCCCCC2=O)C1. The highest BCUT2D eigenvalue weighted by atomic mass is 16.2. The second-order valence-corrected chi connectivity index (χ2v) is 6.23. The number of likely N-dealkylation sites (tertiary alicyclic amines) is 2. The van der Waals surface area contributed by atoms with Gasteiger partial charge in [-0.15, -0.1) is 0 Å². The number of nitrogens with two attached hydrogens (primary N) is 1. The van der Waals surface area contributed by atoms with Crippen molar-refractivity contribution in [2.75, 3.05) is 26.2 Å². The van der Waals surface area contributed by atoms with E-state index in [2.05, 4.69) is 0 Å². The first-order valence-electron chi connectivity index (χ1n) is 7.89. The van der Waals surface area contributed by atoms with E-state index < -0.39 is 0 Å². The van der Waals surface area contributed by atoms with E-state index in [4.69, 9.17) is 5.73 Å². The molecule has 0 aromatic heterocycles. The maximum absolute atomic E-state index is 12.4. The van der Waals surface area contributed by atoms with Gasteiger partial charge >= 0.3 is 0 Å². The van der Waals surface area contributed by atoms with Crippen molar-refractivity contribution >= 4 is 11.8 Å². The Labute approximate surface area is 121 Å². The van der Waals surface area contributed by atoms with Crippen LogP contribution in [0.1, 0.15) is 45.4 Å². The molecule has 2 fully saturated rings. The number of amides is 2. The van der Waals surface area contributed by atoms with E-state index in [1.54, 1.807) is 4.90 Å². The fourth-order valence-corrected chi connectivity index (χ4v) is 3.13. The van der Waals surface area contributed by atoms with Crippen LogP contribution < -0.4 is 5.73 Å². The Morgan fingerprint density at radius 1 is 1.30 bits per heavy atom. The van der Waals surface area contributed by atoms with Crippen molar-refractivity contribution < 1.29 is 9.59 Å². The molecule has 0 saturated carbocycles. The zero-order valence-corrected chi connectivity index (χ0v) is 12.5. The number of piperidine rings is 1. The predicted molar refractivity (Wildman–Crippen MR) is 78.0 cm³/mol. The lowest BCUT2D eigenvalue weighted by molar-refractivity contribution is -0.141. The topological polar surface area (TPSA) is 66.6 Å². The molecule has 2 aliphatic heterocycles. The molecule has 5 nitrogen and oxygen atoms in total. The Bertz CT molecular complexity index is 357. The van der Waals surface area contributed by atoms with Crippen molar-refractivity contribution in [1.82, 2.24) is 9.80 Å². The van der Waals surface area contributed by atoms with Gasteiger partial charge in [0.05, 0.1) is 6.54 Å². The van der Waals surface area contributed by atoms with E-state index in [1.165, 1.54) is 0 Å². The predicted octanol–water partition coefficient (Wildman–Crippen LogP) is 0.975. The van der Waals surface area contributed by atoms with Gasteiger partial charge in [-0.3, -0.25) is 9.59 Å². The number of nitrogens with zero attached hydrogens (tertiary/aromatic N) is 2. The van der Waals surface area contributed by atoms with Crippen LogP contribution in [0.4, 0.5) is 0 Å². The zero-order valence-electron chi connectivity index (χ0n) is 12.5. The van der Waals surface area contributed by atoms with E-state index in [0.29, 0.717) is 12.3 Å². The highest BCUT2D eigenvalue weighted by molar-refractivity contribution is 5.85. The maximum Gasteiger partial charge on any atom is 0.242 e. The van der Waals surface area contributed by atoms with Gasteiger partial charge in [-0.2, -0.15) is 0 Å². The van der Waals surface area contributed by atoms with Gasteiger partial charge in [-0.1, -0.05) is 6.42 Å². The third kappa shape index (κ3) is 3.95. The van der Waals surface area contributed by atoms with Gasteiger partial charge < -0.3 is 15.5 Å². The summed E-state index contributed by atoms with van der Waals surface area (Å²) in [5.74, 6) is 0.620. The van der Waals surface area contributed by atoms with E-state index in [-0.39, 0.29) is 24.4 Å². The Kier molecular flexibility index (Phi) is 5.40. The average Bonchev–Trinajstić information content (AvgIpc) is 2.64. The van der Waals surface area contributed by atoms with E-state index in [1.807, 2.05) is 11.8 Å². The highest BCUT2D eigenvalue weighted by Crippen LogP contribution is 2.19. The summed E-state index contributed by atoms with van der Waals surface area (Å²) in [4.78, 5) is 28.0. The fourth-order valence-electron chi connectivity index (χ4n) is 3.13. The molecular formula is C15H27N3O2. The maximum atomic E-state index is 12.4. The smallest absolute Gasteiger partial charge is 0.242 e. The molecule has 2 heterocycles. The number of rotatable bonds is 3. The van der Waals surface area contributed by atoms with Crippen LogP contribution in [0.3, 0.4) is 0 Å². The third-order valence-corrected chi connectivity index (χ3v) is 4.55. The van der Waals surface area contributed by atoms with Crippen molar-refractivity contribution in [3.8, 4) is 0 Å². The molecule has 5 heteroatoms. The van der Waals surface area contributed by atoms with Crippen molar-refractivity contribution in [2.45, 2.75) is 51.5 Å². The highest BCUT2D eigenvalue weighted by Gasteiger charge is 2.28. The van der Waals surface area contributed by atoms with Crippen LogP contribution in [-0.2, 0) is 9.59 Å². The van der Waals surface area contributed by atoms with Gasteiger partial charge in [0.1, 0.15) is 0 Å². The molecule has 0 spiro atoms. The fraction of sp³-hybridized carbons (Fsp3) is 0.867. The number of hydrogen-bond donors (Lipinski definition) is 1. The molecule has 0 aromatic rings. The van der Waals surface area contributed by atoms with Crippen molar-refractivity contribution in [3.05, 3.63) is 0 Å². The number of carbonyl (C=O) groups is 2. The molecule has 114 valence electrons. The Balaban J connectivity index is 1.88. The van der Waals surface area contributed by atoms with Crippen LogP contribution in [0.2, 0.25) is 0 Å². The lowest BCUT2D eigenvalue weighted by Gasteiger charge is -2.35. The summed E-state index contributed by atoms with van der Waals surface area (Å²) in [5.41, 5.74) is 5.95. The summed E-state index contributed by atoms with van der Waals surface area (Å²) in [6.07, 6.45) is 5.78. The first-order chi connectivity index (χ1) is 9.58. The third-order valence-electron chi connectivity index (χ3n) is 4.55. The molecule has 2 N–H and O–H groups in total. The minimum absolute atomic E-state index is 0.0885. The summed E-state index contributed by atoms with van der Waals surface area (Å²) in [5, 5.41) is 0. The summed E-state index contributed by atoms with van der Waals surface area (Å²) in [6.45, 7) is 4.55. The molecule has 2 saturated heterocycles. The Morgan fingerprint density at radius 3 is 2.85 bits per heavy atom. The van der Waals surface area contributed by atoms with Crippen LogP contribution in [0, 0.1) is 5.92 Å². The lowest BCUT2D eigenvalue weighted by atomic mass is 9.92. The van der Waals surface area contributed by atoms with Crippen molar-refractivity contribution in [1.29, 1.82) is 0 Å². The molecule has 2 rings (SSSR count). The Morgan fingerprint density at radius 2 is 2.10 bits per heavy atom. The second kappa shape index (κ2) is 7.07. The molecule has 20 heavy (non-hydrogen) atoms. The first kappa shape index (κ1) is 15.3. The second-order valence-electron chi connectivity index (χ2n) is 6.23. The quantitative estimate of drug-likeness (QED) is 0.838. The molecule has 0 bridgehead atoms. The van der Waals surface area contributed by atoms with E-state index in [0.717, 1.165) is 51.7 Å². The Hall–Kier alpha value is -1.10. The molecule has 2 aliphatic rings. The van der Waals surface area contributed by atoms with E-state index in [9.17, 15) is 9.59 Å². The normalized spacial score (nSPS) is 26.3. The van der Waals surface area contributed by atoms with Gasteiger partial charge in [0.15, 0.2) is 0 Å². The van der Waals surface area contributed by atoms with Crippen LogP contribution >= 0.6 is 0 Å². The van der Waals surface area contributed by atoms with Crippen LogP contribution in [-0.4, -0.2) is 53.8 Å². The molecular weight excluding hydrogens is 254 g/mol. The van der Waals surface area contributed by atoms with E-state index >= 15 is 0 Å². The largest absolute Gasteiger partial charge is 0.341 e. The summed E-state index contributed by atoms with van der Waals surface area (Å²) in [6, 6.07) is 0.130. The lowest BCUT2D eigenvalue weighted by Crippen LogP contribution is -2.49. The van der Waals surface area contributed by atoms with Gasteiger partial charge in [-0.25, -0.2) is 0 Å². The number of carbonyl (C=O) groups excluding carboxylic acids is 2. The van der Waals surface area contributed by atoms with Crippen molar-refractivity contribution in [3.63, 3.8) is 0 Å². The van der Waals surface area contributed by atoms with Crippen molar-refractivity contribution in [2.24, 2.45) is 11.7 Å². The zero-order chi connectivity index (χ0) is 14.5. The standard InChI is InChI=1S/C15H27N3O2/c1-12(16)13-6-5-9-17(10-13)15(20)11-18-8-4-2-3-7-14(18)19/h12-13H,2-11,16H2,1H3. The summed E-state index contributed by atoms with van der Waals surface area (Å²) in [7, 11) is 0. The van der Waals surface area contributed by atoms with Crippen LogP contribution in [0.5, 0.6) is 0 Å². The molecule has 0 aromatic carbocycles. The van der Waals surface area contributed by atoms with Gasteiger partial charge in [-0.05, 0) is 38.5 Å². The van der Waals surface area contributed by atoms with Crippen LogP contribution in [0.25, 0.3) is 0 Å². The molecule has 0 radical (unpaired) electrons. The average molecular weight is 281 g/mol. The summed E-state index contributed by atoms with van der Waals surface area (Å²) < 4.78 is 0. The molecule has 0 aliphatic carbocycles. The van der Waals surface area contributed by atoms with Crippen LogP contribution in [0.15, 0.2) is 0 Å². The first-order valence-corrected chi connectivity index (χ1v) is 7.89. The van der Waals surface area contributed by atoms with Gasteiger partial charge in [0, 0.05) is 32.1 Å². The monoisotopic (exact) mass is 281 g/mol. The summed E-state index contributed by atoms with van der Waals surface area (Å²) >= 11 is 0.